The minimum atomic E-state index is -0.682. The van der Waals surface area contributed by atoms with Gasteiger partial charge in [-0.15, -0.1) is 0 Å². The van der Waals surface area contributed by atoms with E-state index in [0.717, 1.165) is 0 Å². The van der Waals surface area contributed by atoms with Gasteiger partial charge >= 0.3 is 0 Å². The van der Waals surface area contributed by atoms with Gasteiger partial charge in [-0.2, -0.15) is 0 Å². The molecule has 1 saturated heterocycles. The number of imide groups is 1. The number of rotatable bonds is 3. The van der Waals surface area contributed by atoms with E-state index in [1.807, 2.05) is 20.8 Å². The van der Waals surface area contributed by atoms with Gasteiger partial charge in [0.15, 0.2) is 0 Å². The lowest BCUT2D eigenvalue weighted by molar-refractivity contribution is -0.164. The van der Waals surface area contributed by atoms with Crippen LogP contribution in [0.5, 0.6) is 0 Å². The molecule has 25 heavy (non-hydrogen) atoms. The van der Waals surface area contributed by atoms with Crippen molar-refractivity contribution >= 4 is 17.7 Å². The van der Waals surface area contributed by atoms with Crippen molar-refractivity contribution in [3.05, 3.63) is 0 Å². The summed E-state index contributed by atoms with van der Waals surface area (Å²) in [4.78, 5) is 37.9. The van der Waals surface area contributed by atoms with Crippen molar-refractivity contribution in [3.63, 3.8) is 0 Å². The summed E-state index contributed by atoms with van der Waals surface area (Å²) >= 11 is 0. The van der Waals surface area contributed by atoms with E-state index in [0.29, 0.717) is 25.2 Å². The Morgan fingerprint density at radius 1 is 1.00 bits per heavy atom. The van der Waals surface area contributed by atoms with Gasteiger partial charge in [0.05, 0.1) is 0 Å². The standard InChI is InChI=1S/C20H32N2O3/c1-13(14-8-6-5-7-9-14)21-15(23)18(2)10-19(3)12-20(4,11-18)17(25)22-16(19)24/h13-14H,5-12H2,1-4H3,(H,21,23)(H,22,24,25)/t13?,18?,19-,20+. The van der Waals surface area contributed by atoms with Crippen LogP contribution in [0.4, 0.5) is 0 Å². The third-order valence-electron chi connectivity index (χ3n) is 6.93. The molecular weight excluding hydrogens is 316 g/mol. The summed E-state index contributed by atoms with van der Waals surface area (Å²) in [5, 5.41) is 5.75. The summed E-state index contributed by atoms with van der Waals surface area (Å²) in [6.07, 6.45) is 7.66. The van der Waals surface area contributed by atoms with Gasteiger partial charge in [0, 0.05) is 22.3 Å². The topological polar surface area (TPSA) is 75.3 Å². The molecule has 3 rings (SSSR count). The molecule has 0 aromatic rings. The first-order chi connectivity index (χ1) is 11.6. The maximum absolute atomic E-state index is 13.1. The largest absolute Gasteiger partial charge is 0.353 e. The van der Waals surface area contributed by atoms with Crippen LogP contribution < -0.4 is 10.6 Å². The van der Waals surface area contributed by atoms with E-state index >= 15 is 0 Å². The molecular formula is C20H32N2O3. The zero-order valence-corrected chi connectivity index (χ0v) is 16.0. The van der Waals surface area contributed by atoms with E-state index in [1.165, 1.54) is 32.1 Å². The number of piperidine rings is 1. The van der Waals surface area contributed by atoms with Gasteiger partial charge in [-0.1, -0.05) is 40.0 Å². The Kier molecular flexibility index (Phi) is 4.49. The fraction of sp³-hybridized carbons (Fsp3) is 0.850. The average Bonchev–Trinajstić information content (AvgIpc) is 2.53. The van der Waals surface area contributed by atoms with Crippen LogP contribution in [0, 0.1) is 22.2 Å². The predicted molar refractivity (Wildman–Crippen MR) is 95.5 cm³/mol. The summed E-state index contributed by atoms with van der Waals surface area (Å²) in [5.41, 5.74) is -1.99. The molecule has 4 atom stereocenters. The van der Waals surface area contributed by atoms with Crippen molar-refractivity contribution in [1.82, 2.24) is 10.6 Å². The quantitative estimate of drug-likeness (QED) is 0.770. The fourth-order valence-corrected chi connectivity index (χ4v) is 5.79. The molecule has 0 aromatic carbocycles. The molecule has 5 heteroatoms. The molecule has 5 nitrogen and oxygen atoms in total. The summed E-state index contributed by atoms with van der Waals surface area (Å²) in [6.45, 7) is 7.81. The van der Waals surface area contributed by atoms with Crippen molar-refractivity contribution in [2.24, 2.45) is 22.2 Å². The molecule has 0 spiro atoms. The Morgan fingerprint density at radius 2 is 1.52 bits per heavy atom. The summed E-state index contributed by atoms with van der Waals surface area (Å²) in [6, 6.07) is 0.150. The number of carbonyl (C=O) groups excluding carboxylic acids is 3. The molecule has 1 heterocycles. The predicted octanol–water partition coefficient (Wildman–Crippen LogP) is 2.93. The Balaban J connectivity index is 1.77. The van der Waals surface area contributed by atoms with Crippen molar-refractivity contribution in [1.29, 1.82) is 0 Å². The molecule has 0 radical (unpaired) electrons. The second-order valence-electron chi connectivity index (χ2n) is 9.66. The molecule has 2 bridgehead atoms. The van der Waals surface area contributed by atoms with Gasteiger partial charge in [0.2, 0.25) is 17.7 Å². The van der Waals surface area contributed by atoms with Crippen molar-refractivity contribution < 1.29 is 14.4 Å². The van der Waals surface area contributed by atoms with Gasteiger partial charge in [-0.25, -0.2) is 0 Å². The van der Waals surface area contributed by atoms with Crippen molar-refractivity contribution in [2.75, 3.05) is 0 Å². The smallest absolute Gasteiger partial charge is 0.232 e. The van der Waals surface area contributed by atoms with Gasteiger partial charge < -0.3 is 5.32 Å². The number of carbonyl (C=O) groups is 3. The normalized spacial score (nSPS) is 40.3. The number of hydrogen-bond donors (Lipinski definition) is 2. The van der Waals surface area contributed by atoms with Gasteiger partial charge in [-0.05, 0) is 44.9 Å². The Hall–Kier alpha value is -1.39. The van der Waals surface area contributed by atoms with Crippen molar-refractivity contribution in [3.8, 4) is 0 Å². The number of hydrogen-bond acceptors (Lipinski definition) is 3. The van der Waals surface area contributed by atoms with E-state index in [1.54, 1.807) is 0 Å². The fourth-order valence-electron chi connectivity index (χ4n) is 5.79. The highest BCUT2D eigenvalue weighted by atomic mass is 16.2. The van der Waals surface area contributed by atoms with Gasteiger partial charge in [-0.3, -0.25) is 19.7 Å². The lowest BCUT2D eigenvalue weighted by Gasteiger charge is -2.53. The second-order valence-corrected chi connectivity index (χ2v) is 9.66. The van der Waals surface area contributed by atoms with Crippen LogP contribution in [0.1, 0.15) is 79.1 Å². The lowest BCUT2D eigenvalue weighted by Crippen LogP contribution is -2.64. The Labute approximate surface area is 150 Å². The maximum atomic E-state index is 13.1. The van der Waals surface area contributed by atoms with Crippen LogP contribution in [0.3, 0.4) is 0 Å². The third-order valence-corrected chi connectivity index (χ3v) is 6.93. The van der Waals surface area contributed by atoms with E-state index in [4.69, 9.17) is 0 Å². The first kappa shape index (κ1) is 18.4. The molecule has 2 saturated carbocycles. The molecule has 0 aromatic heterocycles. The first-order valence-electron chi connectivity index (χ1n) is 9.75. The molecule has 2 aliphatic carbocycles. The summed E-state index contributed by atoms with van der Waals surface area (Å²) < 4.78 is 0. The van der Waals surface area contributed by atoms with Crippen LogP contribution in [0.15, 0.2) is 0 Å². The third kappa shape index (κ3) is 3.22. The Morgan fingerprint density at radius 3 is 2.04 bits per heavy atom. The van der Waals surface area contributed by atoms with E-state index < -0.39 is 16.2 Å². The highest BCUT2D eigenvalue weighted by Crippen LogP contribution is 2.56. The Bertz CT molecular complexity index is 568. The molecule has 3 fully saturated rings. The van der Waals surface area contributed by atoms with E-state index in [-0.39, 0.29) is 23.8 Å². The zero-order valence-electron chi connectivity index (χ0n) is 16.0. The zero-order chi connectivity index (χ0) is 18.5. The summed E-state index contributed by atoms with van der Waals surface area (Å²) in [5.74, 6) is 0.0915. The number of amides is 3. The molecule has 3 amide bonds. The highest BCUT2D eigenvalue weighted by Gasteiger charge is 2.60. The minimum absolute atomic E-state index is 0.00484. The first-order valence-corrected chi connectivity index (χ1v) is 9.75. The highest BCUT2D eigenvalue weighted by molar-refractivity contribution is 6.04. The maximum Gasteiger partial charge on any atom is 0.232 e. The van der Waals surface area contributed by atoms with Crippen molar-refractivity contribution in [2.45, 2.75) is 85.1 Å². The SMILES string of the molecule is CC(NC(=O)C1(C)C[C@@]2(C)C[C@@](C)(C1)C(=O)NC2=O)C1CCCCC1. The van der Waals surface area contributed by atoms with Crippen LogP contribution in [0.25, 0.3) is 0 Å². The van der Waals surface area contributed by atoms with E-state index in [9.17, 15) is 14.4 Å². The summed E-state index contributed by atoms with van der Waals surface area (Å²) in [7, 11) is 0. The van der Waals surface area contributed by atoms with Crippen LogP contribution in [0.2, 0.25) is 0 Å². The van der Waals surface area contributed by atoms with Gasteiger partial charge in [0.25, 0.3) is 0 Å². The van der Waals surface area contributed by atoms with Crippen LogP contribution in [-0.2, 0) is 14.4 Å². The number of nitrogens with one attached hydrogen (secondary N) is 2. The molecule has 1 aliphatic heterocycles. The second kappa shape index (κ2) is 6.10. The average molecular weight is 348 g/mol. The van der Waals surface area contributed by atoms with Crippen LogP contribution >= 0.6 is 0 Å². The lowest BCUT2D eigenvalue weighted by atomic mass is 9.52. The molecule has 3 aliphatic rings. The minimum Gasteiger partial charge on any atom is -0.353 e. The van der Waals surface area contributed by atoms with Crippen LogP contribution in [-0.4, -0.2) is 23.8 Å². The van der Waals surface area contributed by atoms with E-state index in [2.05, 4.69) is 17.6 Å². The molecule has 2 unspecified atom stereocenters. The molecule has 140 valence electrons. The monoisotopic (exact) mass is 348 g/mol. The van der Waals surface area contributed by atoms with Gasteiger partial charge in [0.1, 0.15) is 0 Å². The molecule has 2 N–H and O–H groups in total. The number of fused-ring (bicyclic) bond motifs is 2.